The van der Waals surface area contributed by atoms with E-state index in [4.69, 9.17) is 10.8 Å². The van der Waals surface area contributed by atoms with Gasteiger partial charge in [-0.2, -0.15) is 0 Å². The number of phenolic OH excluding ortho intramolecular Hbond substituents is 1. The Hall–Kier alpha value is -2.00. The van der Waals surface area contributed by atoms with Gasteiger partial charge < -0.3 is 16.2 Å². The van der Waals surface area contributed by atoms with Crippen molar-refractivity contribution in [3.63, 3.8) is 0 Å². The van der Waals surface area contributed by atoms with E-state index in [1.54, 1.807) is 12.1 Å². The highest BCUT2D eigenvalue weighted by Gasteiger charge is 1.95. The third-order valence-corrected chi connectivity index (χ3v) is 2.62. The Labute approximate surface area is 101 Å². The van der Waals surface area contributed by atoms with Crippen LogP contribution in [0.4, 0.5) is 5.69 Å². The zero-order chi connectivity index (χ0) is 12.1. The fourth-order valence-electron chi connectivity index (χ4n) is 1.58. The predicted molar refractivity (Wildman–Crippen MR) is 69.8 cm³/mol. The highest BCUT2D eigenvalue weighted by atomic mass is 16.3. The van der Waals surface area contributed by atoms with E-state index in [0.29, 0.717) is 12.3 Å². The molecule has 0 saturated carbocycles. The summed E-state index contributed by atoms with van der Waals surface area (Å²) in [7, 11) is 0. The molecule has 2 aromatic carbocycles. The van der Waals surface area contributed by atoms with Gasteiger partial charge in [-0.1, -0.05) is 24.3 Å². The van der Waals surface area contributed by atoms with Crippen molar-refractivity contribution in [2.45, 2.75) is 13.1 Å². The molecular formula is C14H16N2O. The van der Waals surface area contributed by atoms with Crippen molar-refractivity contribution in [2.24, 2.45) is 5.73 Å². The third-order valence-electron chi connectivity index (χ3n) is 2.62. The van der Waals surface area contributed by atoms with Crippen molar-refractivity contribution >= 4 is 5.69 Å². The molecule has 0 aromatic heterocycles. The highest BCUT2D eigenvalue weighted by molar-refractivity contribution is 5.45. The minimum Gasteiger partial charge on any atom is -0.508 e. The van der Waals surface area contributed by atoms with E-state index in [1.807, 2.05) is 36.4 Å². The molecule has 0 amide bonds. The molecule has 0 aliphatic carbocycles. The maximum Gasteiger partial charge on any atom is 0.115 e. The van der Waals surface area contributed by atoms with E-state index >= 15 is 0 Å². The number of hydrogen-bond donors (Lipinski definition) is 3. The lowest BCUT2D eigenvalue weighted by atomic mass is 10.2. The normalized spacial score (nSPS) is 10.2. The molecule has 4 N–H and O–H groups in total. The Morgan fingerprint density at radius 3 is 2.06 bits per heavy atom. The molecule has 0 aliphatic heterocycles. The molecule has 0 spiro atoms. The number of benzene rings is 2. The second-order valence-corrected chi connectivity index (χ2v) is 3.92. The van der Waals surface area contributed by atoms with E-state index in [0.717, 1.165) is 23.4 Å². The van der Waals surface area contributed by atoms with Crippen molar-refractivity contribution in [1.29, 1.82) is 0 Å². The maximum absolute atomic E-state index is 9.17. The second-order valence-electron chi connectivity index (χ2n) is 3.92. The standard InChI is InChI=1S/C14H16N2O/c15-9-11-1-5-13(6-2-11)16-10-12-3-7-14(17)8-4-12/h1-8,16-17H,9-10,15H2. The van der Waals surface area contributed by atoms with Gasteiger partial charge in [0, 0.05) is 18.8 Å². The summed E-state index contributed by atoms with van der Waals surface area (Å²) in [6.45, 7) is 1.31. The Bertz CT molecular complexity index is 463. The molecule has 2 aromatic rings. The Kier molecular flexibility index (Phi) is 3.62. The molecule has 0 radical (unpaired) electrons. The van der Waals surface area contributed by atoms with Crippen LogP contribution in [0.15, 0.2) is 48.5 Å². The molecule has 17 heavy (non-hydrogen) atoms. The number of nitrogens with one attached hydrogen (secondary N) is 1. The van der Waals surface area contributed by atoms with E-state index < -0.39 is 0 Å². The van der Waals surface area contributed by atoms with Gasteiger partial charge in [-0.3, -0.25) is 0 Å². The zero-order valence-corrected chi connectivity index (χ0v) is 9.56. The van der Waals surface area contributed by atoms with Crippen molar-refractivity contribution in [1.82, 2.24) is 0 Å². The highest BCUT2D eigenvalue weighted by Crippen LogP contribution is 2.13. The average Bonchev–Trinajstić information content (AvgIpc) is 2.39. The van der Waals surface area contributed by atoms with E-state index in [2.05, 4.69) is 5.32 Å². The fraction of sp³-hybridized carbons (Fsp3) is 0.143. The summed E-state index contributed by atoms with van der Waals surface area (Å²) >= 11 is 0. The molecule has 0 heterocycles. The van der Waals surface area contributed by atoms with Crippen LogP contribution in [0.3, 0.4) is 0 Å². The van der Waals surface area contributed by atoms with Crippen LogP contribution in [0.1, 0.15) is 11.1 Å². The molecule has 0 saturated heterocycles. The molecule has 0 atom stereocenters. The first kappa shape index (κ1) is 11.5. The van der Waals surface area contributed by atoms with Crippen LogP contribution in [0.25, 0.3) is 0 Å². The first-order chi connectivity index (χ1) is 8.28. The topological polar surface area (TPSA) is 58.3 Å². The summed E-state index contributed by atoms with van der Waals surface area (Å²) in [5.41, 5.74) is 8.86. The van der Waals surface area contributed by atoms with Gasteiger partial charge in [-0.15, -0.1) is 0 Å². The largest absolute Gasteiger partial charge is 0.508 e. The molecule has 3 heteroatoms. The molecule has 3 nitrogen and oxygen atoms in total. The van der Waals surface area contributed by atoms with Crippen LogP contribution in [-0.2, 0) is 13.1 Å². The maximum atomic E-state index is 9.17. The van der Waals surface area contributed by atoms with E-state index in [1.165, 1.54) is 0 Å². The lowest BCUT2D eigenvalue weighted by molar-refractivity contribution is 0.475. The monoisotopic (exact) mass is 228 g/mol. The van der Waals surface area contributed by atoms with Crippen molar-refractivity contribution in [2.75, 3.05) is 5.32 Å². The molecule has 88 valence electrons. The van der Waals surface area contributed by atoms with Gasteiger partial charge >= 0.3 is 0 Å². The lowest BCUT2D eigenvalue weighted by Gasteiger charge is -2.07. The molecular weight excluding hydrogens is 212 g/mol. The molecule has 2 rings (SSSR count). The summed E-state index contributed by atoms with van der Waals surface area (Å²) in [5.74, 6) is 0.293. The third kappa shape index (κ3) is 3.23. The lowest BCUT2D eigenvalue weighted by Crippen LogP contribution is -2.00. The van der Waals surface area contributed by atoms with Gasteiger partial charge in [0.1, 0.15) is 5.75 Å². The van der Waals surface area contributed by atoms with Gasteiger partial charge in [-0.05, 0) is 35.4 Å². The smallest absolute Gasteiger partial charge is 0.115 e. The molecule has 0 bridgehead atoms. The predicted octanol–water partition coefficient (Wildman–Crippen LogP) is 2.46. The van der Waals surface area contributed by atoms with Crippen molar-refractivity contribution < 1.29 is 5.11 Å². The summed E-state index contributed by atoms with van der Waals surface area (Å²) in [6, 6.07) is 15.2. The first-order valence-corrected chi connectivity index (χ1v) is 5.59. The summed E-state index contributed by atoms with van der Waals surface area (Å²) in [4.78, 5) is 0. The minimum absolute atomic E-state index is 0.293. The summed E-state index contributed by atoms with van der Waals surface area (Å²) in [6.07, 6.45) is 0. The summed E-state index contributed by atoms with van der Waals surface area (Å²) < 4.78 is 0. The van der Waals surface area contributed by atoms with Crippen molar-refractivity contribution in [3.8, 4) is 5.75 Å². The minimum atomic E-state index is 0.293. The van der Waals surface area contributed by atoms with Crippen LogP contribution >= 0.6 is 0 Å². The number of hydrogen-bond acceptors (Lipinski definition) is 3. The van der Waals surface area contributed by atoms with Crippen LogP contribution in [0, 0.1) is 0 Å². The average molecular weight is 228 g/mol. The molecule has 0 unspecified atom stereocenters. The van der Waals surface area contributed by atoms with Crippen molar-refractivity contribution in [3.05, 3.63) is 59.7 Å². The molecule has 0 aliphatic rings. The van der Waals surface area contributed by atoms with Crippen LogP contribution in [0.2, 0.25) is 0 Å². The van der Waals surface area contributed by atoms with Gasteiger partial charge in [0.05, 0.1) is 0 Å². The number of phenols is 1. The van der Waals surface area contributed by atoms with Gasteiger partial charge in [0.2, 0.25) is 0 Å². The van der Waals surface area contributed by atoms with Gasteiger partial charge in [0.15, 0.2) is 0 Å². The van der Waals surface area contributed by atoms with Gasteiger partial charge in [0.25, 0.3) is 0 Å². The molecule has 0 fully saturated rings. The van der Waals surface area contributed by atoms with Gasteiger partial charge in [-0.25, -0.2) is 0 Å². The van der Waals surface area contributed by atoms with Crippen LogP contribution < -0.4 is 11.1 Å². The number of nitrogens with two attached hydrogens (primary N) is 1. The Balaban J connectivity index is 1.95. The van der Waals surface area contributed by atoms with Crippen LogP contribution in [-0.4, -0.2) is 5.11 Å². The quantitative estimate of drug-likeness (QED) is 0.753. The van der Waals surface area contributed by atoms with E-state index in [9.17, 15) is 0 Å². The number of aromatic hydroxyl groups is 1. The fourth-order valence-corrected chi connectivity index (χ4v) is 1.58. The zero-order valence-electron chi connectivity index (χ0n) is 9.56. The second kappa shape index (κ2) is 5.37. The van der Waals surface area contributed by atoms with Crippen LogP contribution in [0.5, 0.6) is 5.75 Å². The SMILES string of the molecule is NCc1ccc(NCc2ccc(O)cc2)cc1. The first-order valence-electron chi connectivity index (χ1n) is 5.59. The number of rotatable bonds is 4. The Morgan fingerprint density at radius 2 is 1.47 bits per heavy atom. The summed E-state index contributed by atoms with van der Waals surface area (Å²) in [5, 5.41) is 12.5. The number of anilines is 1. The Morgan fingerprint density at radius 1 is 0.882 bits per heavy atom. The van der Waals surface area contributed by atoms with E-state index in [-0.39, 0.29) is 0 Å².